The molecule has 0 N–H and O–H groups in total. The monoisotopic (exact) mass is 564 g/mol. The van der Waals surface area contributed by atoms with Crippen LogP contribution >= 0.6 is 22.9 Å². The van der Waals surface area contributed by atoms with Crippen LogP contribution in [-0.4, -0.2) is 78.1 Å². The van der Waals surface area contributed by atoms with Crippen LogP contribution in [0.1, 0.15) is 20.3 Å². The molecule has 0 saturated carbocycles. The van der Waals surface area contributed by atoms with Gasteiger partial charge < -0.3 is 14.5 Å². The number of hydrogen-bond acceptors (Lipinski definition) is 9. The van der Waals surface area contributed by atoms with Gasteiger partial charge >= 0.3 is 5.56 Å². The van der Waals surface area contributed by atoms with Gasteiger partial charge in [-0.1, -0.05) is 17.7 Å². The van der Waals surface area contributed by atoms with E-state index in [0.29, 0.717) is 49.1 Å². The number of sulfonamides is 1. The highest BCUT2D eigenvalue weighted by atomic mass is 35.5. The van der Waals surface area contributed by atoms with Crippen LogP contribution in [0.4, 0.5) is 10.8 Å². The van der Waals surface area contributed by atoms with Gasteiger partial charge in [-0.25, -0.2) is 13.4 Å². The minimum absolute atomic E-state index is 0.201. The second-order valence-corrected chi connectivity index (χ2v) is 13.1. The Morgan fingerprint density at radius 2 is 1.92 bits per heavy atom. The summed E-state index contributed by atoms with van der Waals surface area (Å²) in [6.45, 7) is 6.30. The summed E-state index contributed by atoms with van der Waals surface area (Å²) in [4.78, 5) is 22.3. The molecule has 2 fully saturated rings. The second-order valence-electron chi connectivity index (χ2n) is 9.32. The van der Waals surface area contributed by atoms with Crippen molar-refractivity contribution in [1.82, 2.24) is 19.1 Å². The van der Waals surface area contributed by atoms with Gasteiger partial charge in [-0.3, -0.25) is 4.79 Å². The lowest BCUT2D eigenvalue weighted by Gasteiger charge is -2.36. The lowest BCUT2D eigenvalue weighted by molar-refractivity contribution is 0.220. The summed E-state index contributed by atoms with van der Waals surface area (Å²) in [5.74, 6) is 0.209. The highest BCUT2D eigenvalue weighted by molar-refractivity contribution is 7.89. The van der Waals surface area contributed by atoms with Crippen molar-refractivity contribution in [1.29, 1.82) is 0 Å². The first-order valence-corrected chi connectivity index (χ1v) is 14.9. The fraction of sp³-hybridized carbons (Fsp3) is 0.458. The Morgan fingerprint density at radius 3 is 2.59 bits per heavy atom. The topological polar surface area (TPSA) is 101 Å². The summed E-state index contributed by atoms with van der Waals surface area (Å²) in [6, 6.07) is 6.93. The maximum absolute atomic E-state index is 13.7. The Hall–Kier alpha value is -2.67. The van der Waals surface area contributed by atoms with E-state index in [2.05, 4.69) is 15.0 Å². The average Bonchev–Trinajstić information content (AvgIpc) is 3.57. The Bertz CT molecular complexity index is 1400. The Kier molecular flexibility index (Phi) is 7.44. The van der Waals surface area contributed by atoms with Gasteiger partial charge in [0.05, 0.1) is 23.7 Å². The van der Waals surface area contributed by atoms with Crippen LogP contribution < -0.4 is 20.1 Å². The van der Waals surface area contributed by atoms with E-state index in [1.54, 1.807) is 61.8 Å². The molecule has 2 aromatic heterocycles. The van der Waals surface area contributed by atoms with Gasteiger partial charge in [0.15, 0.2) is 5.13 Å². The molecule has 37 heavy (non-hydrogen) atoms. The van der Waals surface area contributed by atoms with Gasteiger partial charge in [-0.05, 0) is 32.0 Å². The van der Waals surface area contributed by atoms with Crippen LogP contribution in [0.25, 0.3) is 5.69 Å². The third-order valence-electron chi connectivity index (χ3n) is 6.62. The SMILES string of the molecule is CC(C)S(=O)(=O)N1CCN(c2cnn(-c3cccc(Cl)c3)c(=O)c2OC2CCN(c3nccs3)C2)CC1. The number of nitrogens with zero attached hydrogens (tertiary/aromatic N) is 6. The Morgan fingerprint density at radius 1 is 1.14 bits per heavy atom. The lowest BCUT2D eigenvalue weighted by atomic mass is 10.2. The summed E-state index contributed by atoms with van der Waals surface area (Å²) < 4.78 is 34.5. The van der Waals surface area contributed by atoms with E-state index in [1.807, 2.05) is 10.3 Å². The van der Waals surface area contributed by atoms with E-state index in [0.717, 1.165) is 18.1 Å². The van der Waals surface area contributed by atoms with Crippen molar-refractivity contribution in [3.8, 4) is 11.4 Å². The van der Waals surface area contributed by atoms with E-state index in [4.69, 9.17) is 16.3 Å². The van der Waals surface area contributed by atoms with E-state index in [1.165, 1.54) is 8.99 Å². The molecule has 3 aromatic rings. The zero-order valence-electron chi connectivity index (χ0n) is 20.7. The van der Waals surface area contributed by atoms with E-state index in [-0.39, 0.29) is 17.4 Å². The van der Waals surface area contributed by atoms with Crippen LogP contribution in [0.15, 0.2) is 46.8 Å². The first kappa shape index (κ1) is 26.0. The molecule has 1 atom stereocenters. The van der Waals surface area contributed by atoms with Gasteiger partial charge in [0.2, 0.25) is 15.8 Å². The minimum atomic E-state index is -3.35. The minimum Gasteiger partial charge on any atom is -0.481 e. The van der Waals surface area contributed by atoms with E-state index < -0.39 is 15.3 Å². The zero-order valence-corrected chi connectivity index (χ0v) is 23.0. The molecular formula is C24H29ClN6O4S2. The van der Waals surface area contributed by atoms with E-state index >= 15 is 0 Å². The Balaban J connectivity index is 1.44. The van der Waals surface area contributed by atoms with Crippen molar-refractivity contribution in [3.05, 3.63) is 57.4 Å². The lowest BCUT2D eigenvalue weighted by Crippen LogP contribution is -2.50. The molecule has 2 aliphatic rings. The van der Waals surface area contributed by atoms with Crippen molar-refractivity contribution in [2.75, 3.05) is 49.1 Å². The standard InChI is InChI=1S/C24H29ClN6O4S2/c1-17(2)37(33,34)30-11-9-28(10-12-30)21-15-27-31(19-5-3-4-18(25)14-19)23(32)22(21)35-20-6-8-29(16-20)24-26-7-13-36-24/h3-5,7,13-15,17,20H,6,8-12,16H2,1-2H3. The summed E-state index contributed by atoms with van der Waals surface area (Å²) in [5, 5.41) is 7.31. The summed E-state index contributed by atoms with van der Waals surface area (Å²) >= 11 is 7.74. The van der Waals surface area contributed by atoms with Crippen molar-refractivity contribution < 1.29 is 13.2 Å². The number of halogens is 1. The molecule has 2 saturated heterocycles. The van der Waals surface area contributed by atoms with E-state index in [9.17, 15) is 13.2 Å². The average molecular weight is 565 g/mol. The van der Waals surface area contributed by atoms with Gasteiger partial charge in [-0.15, -0.1) is 11.3 Å². The van der Waals surface area contributed by atoms with Crippen LogP contribution in [0.3, 0.4) is 0 Å². The van der Waals surface area contributed by atoms with Crippen molar-refractivity contribution in [2.45, 2.75) is 31.6 Å². The molecule has 13 heteroatoms. The molecule has 2 aliphatic heterocycles. The smallest absolute Gasteiger partial charge is 0.316 e. The van der Waals surface area contributed by atoms with Gasteiger partial charge in [0.25, 0.3) is 0 Å². The van der Waals surface area contributed by atoms with Crippen LogP contribution in [0.5, 0.6) is 5.75 Å². The number of thiazole rings is 1. The normalized spacial score (nSPS) is 19.1. The van der Waals surface area contributed by atoms with Gasteiger partial charge in [0, 0.05) is 55.7 Å². The second kappa shape index (κ2) is 10.6. The molecule has 0 amide bonds. The summed E-state index contributed by atoms with van der Waals surface area (Å²) in [5.41, 5.74) is 0.722. The number of aromatic nitrogens is 3. The van der Waals surface area contributed by atoms with Crippen molar-refractivity contribution in [2.24, 2.45) is 0 Å². The molecule has 5 rings (SSSR count). The van der Waals surface area contributed by atoms with Crippen LogP contribution in [0, 0.1) is 0 Å². The summed E-state index contributed by atoms with van der Waals surface area (Å²) in [7, 11) is -3.35. The molecule has 0 spiro atoms. The summed E-state index contributed by atoms with van der Waals surface area (Å²) in [6.07, 6.45) is 3.95. The highest BCUT2D eigenvalue weighted by Crippen LogP contribution is 2.30. The van der Waals surface area contributed by atoms with Crippen LogP contribution in [-0.2, 0) is 10.0 Å². The molecular weight excluding hydrogens is 536 g/mol. The number of hydrogen-bond donors (Lipinski definition) is 0. The third-order valence-corrected chi connectivity index (χ3v) is 9.97. The fourth-order valence-electron chi connectivity index (χ4n) is 4.58. The highest BCUT2D eigenvalue weighted by Gasteiger charge is 2.33. The van der Waals surface area contributed by atoms with Crippen molar-refractivity contribution >= 4 is 43.8 Å². The molecule has 198 valence electrons. The van der Waals surface area contributed by atoms with Crippen LogP contribution in [0.2, 0.25) is 5.02 Å². The van der Waals surface area contributed by atoms with Gasteiger partial charge in [0.1, 0.15) is 11.8 Å². The third kappa shape index (κ3) is 5.33. The largest absolute Gasteiger partial charge is 0.481 e. The molecule has 0 radical (unpaired) electrons. The predicted molar refractivity (Wildman–Crippen MR) is 146 cm³/mol. The fourth-order valence-corrected chi connectivity index (χ4v) is 6.71. The predicted octanol–water partition coefficient (Wildman–Crippen LogP) is 2.86. The Labute approximate surface area is 225 Å². The molecule has 4 heterocycles. The number of ether oxygens (including phenoxy) is 1. The number of rotatable bonds is 7. The maximum Gasteiger partial charge on any atom is 0.316 e. The molecule has 1 unspecified atom stereocenters. The molecule has 0 bridgehead atoms. The zero-order chi connectivity index (χ0) is 26.2. The first-order valence-electron chi connectivity index (χ1n) is 12.2. The molecule has 1 aromatic carbocycles. The van der Waals surface area contributed by atoms with Gasteiger partial charge in [-0.2, -0.15) is 14.1 Å². The maximum atomic E-state index is 13.7. The van der Waals surface area contributed by atoms with Crippen molar-refractivity contribution in [3.63, 3.8) is 0 Å². The number of piperazine rings is 1. The molecule has 0 aliphatic carbocycles. The quantitative estimate of drug-likeness (QED) is 0.432. The molecule has 10 nitrogen and oxygen atoms in total. The number of benzene rings is 1. The number of anilines is 2. The first-order chi connectivity index (χ1) is 17.7.